The summed E-state index contributed by atoms with van der Waals surface area (Å²) in [4.78, 5) is 13.3. The van der Waals surface area contributed by atoms with Crippen molar-refractivity contribution in [2.45, 2.75) is 32.5 Å². The van der Waals surface area contributed by atoms with Gasteiger partial charge >= 0.3 is 12.6 Å². The first-order valence-electron chi connectivity index (χ1n) is 6.54. The molecule has 5 nitrogen and oxygen atoms in total. The van der Waals surface area contributed by atoms with Crippen LogP contribution in [0, 0.1) is 0 Å². The first-order chi connectivity index (χ1) is 9.85. The van der Waals surface area contributed by atoms with E-state index in [4.69, 9.17) is 5.11 Å². The van der Waals surface area contributed by atoms with E-state index in [1.165, 1.54) is 17.0 Å². The van der Waals surface area contributed by atoms with Crippen LogP contribution in [-0.4, -0.2) is 42.3 Å². The molecule has 7 heteroatoms. The summed E-state index contributed by atoms with van der Waals surface area (Å²) in [6.07, 6.45) is 0. The van der Waals surface area contributed by atoms with Crippen molar-refractivity contribution in [2.24, 2.45) is 0 Å². The lowest BCUT2D eigenvalue weighted by Crippen LogP contribution is -2.44. The first-order valence-corrected chi connectivity index (χ1v) is 6.54. The Morgan fingerprint density at radius 1 is 1.33 bits per heavy atom. The van der Waals surface area contributed by atoms with Crippen LogP contribution in [0.4, 0.5) is 13.6 Å². The van der Waals surface area contributed by atoms with Gasteiger partial charge in [-0.3, -0.25) is 0 Å². The van der Waals surface area contributed by atoms with Gasteiger partial charge in [-0.2, -0.15) is 8.78 Å². The third-order valence-electron chi connectivity index (χ3n) is 3.19. The van der Waals surface area contributed by atoms with Gasteiger partial charge in [0.2, 0.25) is 0 Å². The molecule has 0 aromatic heterocycles. The number of halogens is 2. The maximum Gasteiger partial charge on any atom is 0.387 e. The number of alkyl halides is 2. The lowest BCUT2D eigenvalue weighted by molar-refractivity contribution is -0.0498. The van der Waals surface area contributed by atoms with Gasteiger partial charge in [-0.25, -0.2) is 4.79 Å². The predicted molar refractivity (Wildman–Crippen MR) is 74.3 cm³/mol. The molecule has 0 saturated carbocycles. The summed E-state index contributed by atoms with van der Waals surface area (Å²) >= 11 is 0. The second-order valence-corrected chi connectivity index (χ2v) is 4.76. The number of aliphatic hydroxyl groups excluding tert-OH is 1. The largest absolute Gasteiger partial charge is 0.435 e. The molecule has 0 heterocycles. The maximum atomic E-state index is 12.0. The van der Waals surface area contributed by atoms with E-state index in [1.807, 2.05) is 0 Å². The number of benzene rings is 1. The summed E-state index contributed by atoms with van der Waals surface area (Å²) in [5.74, 6) is 0.0679. The van der Waals surface area contributed by atoms with Crippen LogP contribution in [0.5, 0.6) is 5.75 Å². The molecule has 2 unspecified atom stereocenters. The maximum absolute atomic E-state index is 12.0. The Hall–Kier alpha value is -1.89. The quantitative estimate of drug-likeness (QED) is 0.848. The van der Waals surface area contributed by atoms with Gasteiger partial charge in [-0.1, -0.05) is 12.1 Å². The number of rotatable bonds is 6. The van der Waals surface area contributed by atoms with Crippen LogP contribution < -0.4 is 10.1 Å². The van der Waals surface area contributed by atoms with Gasteiger partial charge in [-0.15, -0.1) is 0 Å². The highest BCUT2D eigenvalue weighted by atomic mass is 19.3. The third kappa shape index (κ3) is 5.18. The highest BCUT2D eigenvalue weighted by Gasteiger charge is 2.17. The Labute approximate surface area is 122 Å². The van der Waals surface area contributed by atoms with Crippen LogP contribution >= 0.6 is 0 Å². The van der Waals surface area contributed by atoms with Gasteiger partial charge in [0, 0.05) is 7.05 Å². The van der Waals surface area contributed by atoms with Gasteiger partial charge < -0.3 is 20.1 Å². The molecule has 2 atom stereocenters. The molecule has 21 heavy (non-hydrogen) atoms. The van der Waals surface area contributed by atoms with Crippen molar-refractivity contribution in [2.75, 3.05) is 13.7 Å². The van der Waals surface area contributed by atoms with E-state index in [9.17, 15) is 13.6 Å². The zero-order valence-electron chi connectivity index (χ0n) is 12.2. The van der Waals surface area contributed by atoms with Crippen molar-refractivity contribution in [3.63, 3.8) is 0 Å². The number of likely N-dealkylation sites (N-methyl/N-ethyl adjacent to an activating group) is 1. The zero-order chi connectivity index (χ0) is 16.0. The van der Waals surface area contributed by atoms with Gasteiger partial charge in [0.1, 0.15) is 5.75 Å². The lowest BCUT2D eigenvalue weighted by atomic mass is 10.1. The van der Waals surface area contributed by atoms with E-state index in [0.29, 0.717) is 0 Å². The topological polar surface area (TPSA) is 61.8 Å². The number of hydrogen-bond acceptors (Lipinski definition) is 3. The number of urea groups is 1. The minimum absolute atomic E-state index is 0.0679. The van der Waals surface area contributed by atoms with Crippen LogP contribution in [0.25, 0.3) is 0 Å². The molecule has 2 amide bonds. The molecule has 0 aliphatic heterocycles. The standard InChI is InChI=1S/C14H20F2N2O3/c1-9(8-19)18(3)14(20)17-10(2)11-4-6-12(7-5-11)21-13(15)16/h4-7,9-10,13,19H,8H2,1-3H3,(H,17,20). The number of carbonyl (C=O) groups is 1. The number of amides is 2. The third-order valence-corrected chi connectivity index (χ3v) is 3.19. The molecular formula is C14H20F2N2O3. The average molecular weight is 302 g/mol. The van der Waals surface area contributed by atoms with E-state index in [2.05, 4.69) is 10.1 Å². The normalized spacial score (nSPS) is 13.7. The van der Waals surface area contributed by atoms with Crippen molar-refractivity contribution in [1.82, 2.24) is 10.2 Å². The molecule has 2 N–H and O–H groups in total. The summed E-state index contributed by atoms with van der Waals surface area (Å²) in [5.41, 5.74) is 0.759. The molecule has 0 aliphatic carbocycles. The lowest BCUT2D eigenvalue weighted by Gasteiger charge is -2.25. The van der Waals surface area contributed by atoms with Crippen molar-refractivity contribution in [3.8, 4) is 5.75 Å². The first kappa shape index (κ1) is 17.2. The van der Waals surface area contributed by atoms with Gasteiger partial charge in [0.05, 0.1) is 18.7 Å². The van der Waals surface area contributed by atoms with Crippen LogP contribution in [-0.2, 0) is 0 Å². The van der Waals surface area contributed by atoms with Crippen molar-refractivity contribution in [1.29, 1.82) is 0 Å². The molecule has 1 aromatic rings. The Morgan fingerprint density at radius 2 is 1.90 bits per heavy atom. The molecule has 0 aliphatic rings. The molecule has 0 fully saturated rings. The number of aliphatic hydroxyl groups is 1. The van der Waals surface area contributed by atoms with Crippen molar-refractivity contribution >= 4 is 6.03 Å². The number of ether oxygens (including phenoxy) is 1. The van der Waals surface area contributed by atoms with Crippen LogP contribution in [0.3, 0.4) is 0 Å². The summed E-state index contributed by atoms with van der Waals surface area (Å²) in [6, 6.07) is 5.15. The van der Waals surface area contributed by atoms with Crippen molar-refractivity contribution < 1.29 is 23.4 Å². The average Bonchev–Trinajstić information content (AvgIpc) is 2.45. The molecule has 0 radical (unpaired) electrons. The van der Waals surface area contributed by atoms with Crippen LogP contribution in [0.15, 0.2) is 24.3 Å². The number of nitrogens with zero attached hydrogens (tertiary/aromatic N) is 1. The molecule has 1 rings (SSSR count). The molecule has 0 spiro atoms. The SMILES string of the molecule is CC(NC(=O)N(C)C(C)CO)c1ccc(OC(F)F)cc1. The fourth-order valence-electron chi connectivity index (χ4n) is 1.63. The van der Waals surface area contributed by atoms with Crippen LogP contribution in [0.2, 0.25) is 0 Å². The molecule has 118 valence electrons. The monoisotopic (exact) mass is 302 g/mol. The summed E-state index contributed by atoms with van der Waals surface area (Å²) in [7, 11) is 1.59. The number of nitrogens with one attached hydrogen (secondary N) is 1. The number of hydrogen-bond donors (Lipinski definition) is 2. The second-order valence-electron chi connectivity index (χ2n) is 4.76. The molecule has 1 aromatic carbocycles. The van der Waals surface area contributed by atoms with Gasteiger partial charge in [0.15, 0.2) is 0 Å². The van der Waals surface area contributed by atoms with E-state index < -0.39 is 6.61 Å². The van der Waals surface area contributed by atoms with Crippen molar-refractivity contribution in [3.05, 3.63) is 29.8 Å². The Morgan fingerprint density at radius 3 is 2.38 bits per heavy atom. The molecular weight excluding hydrogens is 282 g/mol. The Kier molecular flexibility index (Phi) is 6.36. The Bertz CT molecular complexity index is 454. The fourth-order valence-corrected chi connectivity index (χ4v) is 1.63. The van der Waals surface area contributed by atoms with Gasteiger partial charge in [-0.05, 0) is 31.5 Å². The second kappa shape index (κ2) is 7.78. The van der Waals surface area contributed by atoms with Gasteiger partial charge in [0.25, 0.3) is 0 Å². The van der Waals surface area contributed by atoms with E-state index in [0.717, 1.165) is 5.56 Å². The fraction of sp³-hybridized carbons (Fsp3) is 0.500. The highest BCUT2D eigenvalue weighted by Crippen LogP contribution is 2.19. The molecule has 0 saturated heterocycles. The summed E-state index contributed by atoms with van der Waals surface area (Å²) < 4.78 is 28.3. The minimum atomic E-state index is -2.86. The smallest absolute Gasteiger partial charge is 0.387 e. The highest BCUT2D eigenvalue weighted by molar-refractivity contribution is 5.74. The molecule has 0 bridgehead atoms. The number of carbonyl (C=O) groups excluding carboxylic acids is 1. The van der Waals surface area contributed by atoms with Crippen LogP contribution in [0.1, 0.15) is 25.5 Å². The predicted octanol–water partition coefficient (Wildman–Crippen LogP) is 2.37. The van der Waals surface area contributed by atoms with E-state index in [1.54, 1.807) is 33.0 Å². The Balaban J connectivity index is 2.63. The zero-order valence-corrected chi connectivity index (χ0v) is 12.2. The summed E-state index contributed by atoms with van der Waals surface area (Å²) in [6.45, 7) is 0.512. The van der Waals surface area contributed by atoms with E-state index in [-0.39, 0.29) is 30.5 Å². The summed E-state index contributed by atoms with van der Waals surface area (Å²) in [5, 5.41) is 11.8. The minimum Gasteiger partial charge on any atom is -0.435 e. The van der Waals surface area contributed by atoms with E-state index >= 15 is 0 Å².